The minimum atomic E-state index is 0.474. The van der Waals surface area contributed by atoms with Crippen molar-refractivity contribution in [3.63, 3.8) is 0 Å². The summed E-state index contributed by atoms with van der Waals surface area (Å²) in [6.07, 6.45) is 4.54. The van der Waals surface area contributed by atoms with Gasteiger partial charge < -0.3 is 5.32 Å². The topological polar surface area (TPSA) is 12.0 Å². The monoisotopic (exact) mass is 391 g/mol. The number of benzene rings is 2. The lowest BCUT2D eigenvalue weighted by atomic mass is 9.87. The fourth-order valence-electron chi connectivity index (χ4n) is 4.79. The highest BCUT2D eigenvalue weighted by Crippen LogP contribution is 2.50. The molecule has 0 radical (unpaired) electrons. The third kappa shape index (κ3) is 3.75. The molecule has 2 aromatic carbocycles. The molecule has 0 amide bonds. The Bertz CT molecular complexity index is 771. The van der Waals surface area contributed by atoms with Crippen LogP contribution in [-0.2, 0) is 0 Å². The Morgan fingerprint density at radius 3 is 1.21 bits per heavy atom. The van der Waals surface area contributed by atoms with Crippen LogP contribution < -0.4 is 9.80 Å². The molecule has 0 saturated carbocycles. The van der Waals surface area contributed by atoms with Gasteiger partial charge in [0, 0.05) is 22.3 Å². The van der Waals surface area contributed by atoms with Crippen LogP contribution in [0.3, 0.4) is 0 Å². The Morgan fingerprint density at radius 2 is 0.966 bits per heavy atom. The molecular formula is C27H39N2+. The normalized spacial score (nSPS) is 15.7. The van der Waals surface area contributed by atoms with Crippen LogP contribution in [0.25, 0.3) is 0 Å². The number of para-hydroxylation sites is 2. The molecule has 0 unspecified atom stereocenters. The van der Waals surface area contributed by atoms with Crippen molar-refractivity contribution in [2.24, 2.45) is 0 Å². The quantitative estimate of drug-likeness (QED) is 0.494. The van der Waals surface area contributed by atoms with Gasteiger partial charge in [-0.2, -0.15) is 0 Å². The van der Waals surface area contributed by atoms with E-state index in [1.54, 1.807) is 0 Å². The number of rotatable bonds is 6. The Hall–Kier alpha value is -2.06. The van der Waals surface area contributed by atoms with Crippen LogP contribution in [0.2, 0.25) is 0 Å². The molecular weight excluding hydrogens is 352 g/mol. The summed E-state index contributed by atoms with van der Waals surface area (Å²) in [7, 11) is 0. The van der Waals surface area contributed by atoms with Crippen LogP contribution in [-0.4, -0.2) is 6.67 Å². The fourth-order valence-corrected chi connectivity index (χ4v) is 4.79. The summed E-state index contributed by atoms with van der Waals surface area (Å²) >= 11 is 0. The SMILES string of the molecule is CC(C)c1cccc(C(C)C)c1[N+]1(c2c(C(C)C)cccc2C(C)C)C=CNC1. The maximum atomic E-state index is 3.57. The van der Waals surface area contributed by atoms with Crippen LogP contribution in [0.5, 0.6) is 0 Å². The molecule has 0 spiro atoms. The Balaban J connectivity index is 2.47. The van der Waals surface area contributed by atoms with Crippen LogP contribution in [0, 0.1) is 0 Å². The first-order chi connectivity index (χ1) is 13.7. The zero-order valence-corrected chi connectivity index (χ0v) is 19.6. The third-order valence-electron chi connectivity index (χ3n) is 6.27. The van der Waals surface area contributed by atoms with E-state index in [2.05, 4.69) is 110 Å². The first-order valence-electron chi connectivity index (χ1n) is 11.3. The molecule has 0 bridgehead atoms. The van der Waals surface area contributed by atoms with Crippen molar-refractivity contribution in [3.8, 4) is 0 Å². The highest BCUT2D eigenvalue weighted by molar-refractivity contribution is 5.74. The standard InChI is InChI=1S/C27H39N2/c1-18(2)22-11-9-12-23(19(3)4)26(22)29(16-15-28-17-29)27-24(20(5)6)13-10-14-25(27)21(7)8/h9-16,18-21,28H,17H2,1-8H3/q+1. The number of hydrogen-bond donors (Lipinski definition) is 1. The number of hydrogen-bond acceptors (Lipinski definition) is 1. The lowest BCUT2D eigenvalue weighted by Gasteiger charge is -2.38. The molecule has 0 aliphatic carbocycles. The predicted molar refractivity (Wildman–Crippen MR) is 128 cm³/mol. The van der Waals surface area contributed by atoms with Gasteiger partial charge in [-0.1, -0.05) is 91.8 Å². The molecule has 1 heterocycles. The van der Waals surface area contributed by atoms with Crippen molar-refractivity contribution in [1.82, 2.24) is 9.80 Å². The maximum Gasteiger partial charge on any atom is 0.165 e. The van der Waals surface area contributed by atoms with E-state index in [9.17, 15) is 0 Å². The van der Waals surface area contributed by atoms with Gasteiger partial charge >= 0.3 is 0 Å². The van der Waals surface area contributed by atoms with Crippen LogP contribution in [0.4, 0.5) is 11.4 Å². The van der Waals surface area contributed by atoms with Gasteiger partial charge in [-0.05, 0) is 23.7 Å². The maximum absolute atomic E-state index is 3.57. The van der Waals surface area contributed by atoms with Crippen molar-refractivity contribution < 1.29 is 0 Å². The summed E-state index contributed by atoms with van der Waals surface area (Å²) in [6, 6.07) is 13.8. The van der Waals surface area contributed by atoms with Gasteiger partial charge in [0.1, 0.15) is 6.20 Å². The van der Waals surface area contributed by atoms with Gasteiger partial charge in [-0.15, -0.1) is 0 Å². The molecule has 0 atom stereocenters. The van der Waals surface area contributed by atoms with E-state index in [0.717, 1.165) is 11.2 Å². The Labute approximate surface area is 178 Å². The second-order valence-electron chi connectivity index (χ2n) is 9.74. The third-order valence-corrected chi connectivity index (χ3v) is 6.27. The molecule has 156 valence electrons. The van der Waals surface area contributed by atoms with Crippen LogP contribution in [0.1, 0.15) is 101 Å². The van der Waals surface area contributed by atoms with E-state index in [4.69, 9.17) is 0 Å². The largest absolute Gasteiger partial charge is 0.339 e. The first kappa shape index (κ1) is 21.6. The smallest absolute Gasteiger partial charge is 0.165 e. The molecule has 2 nitrogen and oxygen atoms in total. The van der Waals surface area contributed by atoms with Crippen LogP contribution >= 0.6 is 0 Å². The van der Waals surface area contributed by atoms with E-state index in [0.29, 0.717) is 23.7 Å². The van der Waals surface area contributed by atoms with Crippen molar-refractivity contribution in [3.05, 3.63) is 71.1 Å². The molecule has 1 aliphatic heterocycles. The second kappa shape index (κ2) is 8.36. The number of nitrogens with one attached hydrogen (secondary N) is 1. The van der Waals surface area contributed by atoms with Gasteiger partial charge in [0.15, 0.2) is 18.0 Å². The van der Waals surface area contributed by atoms with Crippen molar-refractivity contribution >= 4 is 11.4 Å². The molecule has 0 aromatic heterocycles. The predicted octanol–water partition coefficient (Wildman–Crippen LogP) is 7.85. The molecule has 0 saturated heterocycles. The van der Waals surface area contributed by atoms with Gasteiger partial charge in [0.25, 0.3) is 0 Å². The zero-order valence-electron chi connectivity index (χ0n) is 19.6. The van der Waals surface area contributed by atoms with E-state index in [-0.39, 0.29) is 0 Å². The fraction of sp³-hybridized carbons (Fsp3) is 0.481. The van der Waals surface area contributed by atoms with Crippen molar-refractivity contribution in [2.75, 3.05) is 6.67 Å². The van der Waals surface area contributed by atoms with Crippen LogP contribution in [0.15, 0.2) is 48.8 Å². The van der Waals surface area contributed by atoms with E-state index < -0.39 is 0 Å². The molecule has 3 rings (SSSR count). The summed E-state index contributed by atoms with van der Waals surface area (Å²) in [6.45, 7) is 19.5. The van der Waals surface area contributed by atoms with Gasteiger partial charge in [0.05, 0.1) is 6.20 Å². The minimum Gasteiger partial charge on any atom is -0.339 e. The molecule has 0 fully saturated rings. The molecule has 2 aromatic rings. The Kier molecular flexibility index (Phi) is 6.24. The second-order valence-corrected chi connectivity index (χ2v) is 9.74. The summed E-state index contributed by atoms with van der Waals surface area (Å²) in [5.41, 5.74) is 8.76. The van der Waals surface area contributed by atoms with Gasteiger partial charge in [-0.3, -0.25) is 0 Å². The summed E-state index contributed by atoms with van der Waals surface area (Å²) in [5.74, 6) is 1.89. The van der Waals surface area contributed by atoms with Gasteiger partial charge in [-0.25, -0.2) is 4.48 Å². The molecule has 29 heavy (non-hydrogen) atoms. The summed E-state index contributed by atoms with van der Waals surface area (Å²) in [4.78, 5) is 0. The summed E-state index contributed by atoms with van der Waals surface area (Å²) in [5, 5.41) is 3.57. The number of quaternary nitrogens is 1. The van der Waals surface area contributed by atoms with E-state index in [1.165, 1.54) is 33.6 Å². The highest BCUT2D eigenvalue weighted by atomic mass is 15.4. The highest BCUT2D eigenvalue weighted by Gasteiger charge is 2.43. The van der Waals surface area contributed by atoms with Gasteiger partial charge in [0.2, 0.25) is 0 Å². The molecule has 1 aliphatic rings. The number of nitrogens with zero attached hydrogens (tertiary/aromatic N) is 1. The lowest BCUT2D eigenvalue weighted by Crippen LogP contribution is -2.43. The average Bonchev–Trinajstić information content (AvgIpc) is 3.17. The molecule has 1 N–H and O–H groups in total. The first-order valence-corrected chi connectivity index (χ1v) is 11.3. The van der Waals surface area contributed by atoms with E-state index in [1.807, 2.05) is 0 Å². The van der Waals surface area contributed by atoms with Crippen molar-refractivity contribution in [1.29, 1.82) is 0 Å². The zero-order chi connectivity index (χ0) is 21.3. The van der Waals surface area contributed by atoms with E-state index >= 15 is 0 Å². The lowest BCUT2D eigenvalue weighted by molar-refractivity contribution is 0.493. The minimum absolute atomic E-state index is 0.474. The summed E-state index contributed by atoms with van der Waals surface area (Å²) < 4.78 is 0.768. The average molecular weight is 392 g/mol. The molecule has 2 heteroatoms. The Morgan fingerprint density at radius 1 is 0.621 bits per heavy atom. The van der Waals surface area contributed by atoms with Crippen molar-refractivity contribution in [2.45, 2.75) is 79.1 Å².